The van der Waals surface area contributed by atoms with Crippen molar-refractivity contribution in [1.29, 1.82) is 0 Å². The number of carbonyl (C=O) groups is 2. The summed E-state index contributed by atoms with van der Waals surface area (Å²) in [6.07, 6.45) is 0. The van der Waals surface area contributed by atoms with Crippen molar-refractivity contribution in [2.75, 3.05) is 5.32 Å². The number of anilines is 1. The number of carbonyl (C=O) groups excluding carboxylic acids is 2. The lowest BCUT2D eigenvalue weighted by Gasteiger charge is -2.06. The summed E-state index contributed by atoms with van der Waals surface area (Å²) in [5.74, 6) is -3.85. The van der Waals surface area contributed by atoms with Crippen molar-refractivity contribution in [3.63, 3.8) is 0 Å². The van der Waals surface area contributed by atoms with Gasteiger partial charge in [0.15, 0.2) is 0 Å². The Balaban J connectivity index is 2.21. The molecule has 0 aliphatic heterocycles. The van der Waals surface area contributed by atoms with Crippen molar-refractivity contribution >= 4 is 17.4 Å². The Morgan fingerprint density at radius 3 is 2.50 bits per heavy atom. The molecule has 0 bridgehead atoms. The SMILES string of the molecule is Cc1cccc(NC(=O)C(=O)c2cc(F)ccc2F)c1. The first-order valence-electron chi connectivity index (χ1n) is 5.85. The fourth-order valence-electron chi connectivity index (χ4n) is 1.70. The van der Waals surface area contributed by atoms with Crippen LogP contribution in [0.2, 0.25) is 0 Å². The molecule has 0 fully saturated rings. The molecular weight excluding hydrogens is 264 g/mol. The number of hydrogen-bond acceptors (Lipinski definition) is 2. The standard InChI is InChI=1S/C15H11F2NO2/c1-9-3-2-4-11(7-9)18-15(20)14(19)12-8-10(16)5-6-13(12)17/h2-8H,1H3,(H,18,20). The molecule has 0 saturated carbocycles. The first-order valence-corrected chi connectivity index (χ1v) is 5.85. The highest BCUT2D eigenvalue weighted by Crippen LogP contribution is 2.13. The van der Waals surface area contributed by atoms with E-state index >= 15 is 0 Å². The normalized spacial score (nSPS) is 10.2. The molecule has 3 nitrogen and oxygen atoms in total. The van der Waals surface area contributed by atoms with Gasteiger partial charge in [-0.2, -0.15) is 0 Å². The molecule has 0 aromatic heterocycles. The van der Waals surface area contributed by atoms with Crippen molar-refractivity contribution in [3.05, 3.63) is 65.2 Å². The van der Waals surface area contributed by atoms with Gasteiger partial charge >= 0.3 is 0 Å². The molecule has 0 radical (unpaired) electrons. The zero-order chi connectivity index (χ0) is 14.7. The molecule has 1 N–H and O–H groups in total. The highest BCUT2D eigenvalue weighted by Gasteiger charge is 2.20. The second kappa shape index (κ2) is 5.61. The molecule has 2 aromatic carbocycles. The number of rotatable bonds is 3. The molecule has 0 heterocycles. The molecule has 102 valence electrons. The van der Waals surface area contributed by atoms with Crippen LogP contribution < -0.4 is 5.32 Å². The third-order valence-corrected chi connectivity index (χ3v) is 2.66. The van der Waals surface area contributed by atoms with E-state index in [1.165, 1.54) is 0 Å². The van der Waals surface area contributed by atoms with Gasteiger partial charge in [-0.05, 0) is 42.8 Å². The molecule has 0 atom stereocenters. The lowest BCUT2D eigenvalue weighted by atomic mass is 10.1. The van der Waals surface area contributed by atoms with Gasteiger partial charge in [0.05, 0.1) is 5.56 Å². The maximum absolute atomic E-state index is 13.4. The second-order valence-electron chi connectivity index (χ2n) is 4.28. The Morgan fingerprint density at radius 2 is 1.80 bits per heavy atom. The van der Waals surface area contributed by atoms with Gasteiger partial charge in [0.25, 0.3) is 11.7 Å². The van der Waals surface area contributed by atoms with E-state index in [4.69, 9.17) is 0 Å². The number of halogens is 2. The molecular formula is C15H11F2NO2. The van der Waals surface area contributed by atoms with Gasteiger partial charge in [-0.15, -0.1) is 0 Å². The van der Waals surface area contributed by atoms with Gasteiger partial charge < -0.3 is 5.32 Å². The largest absolute Gasteiger partial charge is 0.319 e. The summed E-state index contributed by atoms with van der Waals surface area (Å²) in [6, 6.07) is 9.18. The van der Waals surface area contributed by atoms with E-state index < -0.39 is 28.9 Å². The Hall–Kier alpha value is -2.56. The molecule has 2 rings (SSSR count). The summed E-state index contributed by atoms with van der Waals surface area (Å²) in [4.78, 5) is 23.5. The first kappa shape index (κ1) is 13.9. The first-order chi connectivity index (χ1) is 9.47. The van der Waals surface area contributed by atoms with E-state index in [0.29, 0.717) is 11.8 Å². The predicted molar refractivity (Wildman–Crippen MR) is 70.5 cm³/mol. The molecule has 20 heavy (non-hydrogen) atoms. The van der Waals surface area contributed by atoms with Crippen molar-refractivity contribution in [3.8, 4) is 0 Å². The molecule has 0 aliphatic carbocycles. The molecule has 0 unspecified atom stereocenters. The van der Waals surface area contributed by atoms with Gasteiger partial charge in [-0.25, -0.2) is 8.78 Å². The number of ketones is 1. The second-order valence-corrected chi connectivity index (χ2v) is 4.28. The van der Waals surface area contributed by atoms with Gasteiger partial charge in [-0.1, -0.05) is 12.1 Å². The summed E-state index contributed by atoms with van der Waals surface area (Å²) in [5.41, 5.74) is 0.725. The van der Waals surface area contributed by atoms with E-state index in [1.807, 2.05) is 13.0 Å². The quantitative estimate of drug-likeness (QED) is 0.691. The monoisotopic (exact) mass is 275 g/mol. The van der Waals surface area contributed by atoms with Crippen LogP contribution >= 0.6 is 0 Å². The van der Waals surface area contributed by atoms with Crippen LogP contribution in [0.15, 0.2) is 42.5 Å². The van der Waals surface area contributed by atoms with Gasteiger partial charge in [-0.3, -0.25) is 9.59 Å². The smallest absolute Gasteiger partial charge is 0.296 e. The average molecular weight is 275 g/mol. The molecule has 5 heteroatoms. The zero-order valence-electron chi connectivity index (χ0n) is 10.6. The van der Waals surface area contributed by atoms with Gasteiger partial charge in [0.2, 0.25) is 0 Å². The van der Waals surface area contributed by atoms with Gasteiger partial charge in [0, 0.05) is 5.69 Å². The van der Waals surface area contributed by atoms with E-state index in [2.05, 4.69) is 5.32 Å². The van der Waals surface area contributed by atoms with E-state index in [9.17, 15) is 18.4 Å². The number of amides is 1. The van der Waals surface area contributed by atoms with Crippen LogP contribution in [0.25, 0.3) is 0 Å². The molecule has 0 aliphatic rings. The predicted octanol–water partition coefficient (Wildman–Crippen LogP) is 3.09. The van der Waals surface area contributed by atoms with E-state index in [0.717, 1.165) is 17.7 Å². The third-order valence-electron chi connectivity index (χ3n) is 2.66. The van der Waals surface area contributed by atoms with Crippen LogP contribution in [-0.2, 0) is 4.79 Å². The zero-order valence-corrected chi connectivity index (χ0v) is 10.6. The number of nitrogens with one attached hydrogen (secondary N) is 1. The summed E-state index contributed by atoms with van der Waals surface area (Å²) >= 11 is 0. The lowest BCUT2D eigenvalue weighted by Crippen LogP contribution is -2.24. The molecule has 0 saturated heterocycles. The van der Waals surface area contributed by atoms with Crippen LogP contribution in [0.1, 0.15) is 15.9 Å². The summed E-state index contributed by atoms with van der Waals surface area (Å²) in [6.45, 7) is 1.82. The van der Waals surface area contributed by atoms with Crippen LogP contribution in [0.4, 0.5) is 14.5 Å². The van der Waals surface area contributed by atoms with Crippen LogP contribution in [-0.4, -0.2) is 11.7 Å². The topological polar surface area (TPSA) is 46.2 Å². The number of aryl methyl sites for hydroxylation is 1. The lowest BCUT2D eigenvalue weighted by molar-refractivity contribution is -0.112. The minimum absolute atomic E-state index is 0.417. The average Bonchev–Trinajstić information content (AvgIpc) is 2.40. The number of Topliss-reactive ketones (excluding diaryl/α,β-unsaturated/α-hetero) is 1. The third kappa shape index (κ3) is 3.06. The Kier molecular flexibility index (Phi) is 3.89. The fourth-order valence-corrected chi connectivity index (χ4v) is 1.70. The van der Waals surface area contributed by atoms with Crippen LogP contribution in [0, 0.1) is 18.6 Å². The molecule has 0 spiro atoms. The summed E-state index contributed by atoms with van der Waals surface area (Å²) in [5, 5.41) is 2.35. The minimum atomic E-state index is -1.12. The van der Waals surface area contributed by atoms with Crippen molar-refractivity contribution in [1.82, 2.24) is 0 Å². The van der Waals surface area contributed by atoms with Crippen molar-refractivity contribution in [2.45, 2.75) is 6.92 Å². The highest BCUT2D eigenvalue weighted by molar-refractivity contribution is 6.46. The molecule has 1 amide bonds. The van der Waals surface area contributed by atoms with Crippen LogP contribution in [0.5, 0.6) is 0 Å². The van der Waals surface area contributed by atoms with E-state index in [1.54, 1.807) is 18.2 Å². The van der Waals surface area contributed by atoms with E-state index in [-0.39, 0.29) is 0 Å². The maximum Gasteiger partial charge on any atom is 0.296 e. The Labute approximate surface area is 114 Å². The van der Waals surface area contributed by atoms with Crippen molar-refractivity contribution < 1.29 is 18.4 Å². The van der Waals surface area contributed by atoms with Crippen molar-refractivity contribution in [2.24, 2.45) is 0 Å². The van der Waals surface area contributed by atoms with Crippen LogP contribution in [0.3, 0.4) is 0 Å². The highest BCUT2D eigenvalue weighted by atomic mass is 19.1. The summed E-state index contributed by atoms with van der Waals surface area (Å²) in [7, 11) is 0. The fraction of sp³-hybridized carbons (Fsp3) is 0.0667. The maximum atomic E-state index is 13.4. The minimum Gasteiger partial charge on any atom is -0.319 e. The Morgan fingerprint density at radius 1 is 1.05 bits per heavy atom. The Bertz CT molecular complexity index is 683. The number of benzene rings is 2. The van der Waals surface area contributed by atoms with Gasteiger partial charge in [0.1, 0.15) is 11.6 Å². The summed E-state index contributed by atoms with van der Waals surface area (Å²) < 4.78 is 26.4. The number of hydrogen-bond donors (Lipinski definition) is 1. The molecule has 2 aromatic rings.